The Balaban J connectivity index is 1.27. The zero-order valence-corrected chi connectivity index (χ0v) is 14.9. The van der Waals surface area contributed by atoms with Crippen molar-refractivity contribution in [2.24, 2.45) is 0 Å². The molecule has 0 atom stereocenters. The van der Waals surface area contributed by atoms with E-state index < -0.39 is 0 Å². The Morgan fingerprint density at radius 1 is 0.679 bits per heavy atom. The molecular formula is C20H16N4O4. The first-order valence-electron chi connectivity index (χ1n) is 8.99. The van der Waals surface area contributed by atoms with E-state index in [0.29, 0.717) is 48.4 Å². The topological polar surface area (TPSA) is 92.7 Å². The molecule has 1 aliphatic heterocycles. The Morgan fingerprint density at radius 2 is 1.07 bits per heavy atom. The van der Waals surface area contributed by atoms with Crippen LogP contribution in [0.25, 0.3) is 22.2 Å². The molecule has 2 aromatic carbocycles. The Kier molecular flexibility index (Phi) is 3.82. The zero-order valence-electron chi connectivity index (χ0n) is 14.9. The number of hydrogen-bond acceptors (Lipinski definition) is 6. The van der Waals surface area contributed by atoms with Crippen molar-refractivity contribution < 1.29 is 18.4 Å². The van der Waals surface area contributed by atoms with E-state index in [0.717, 1.165) is 0 Å². The first-order valence-corrected chi connectivity index (χ1v) is 8.99. The SMILES string of the molecule is O=C(c1nc2ccccc2o1)N1CCN(C(=O)c2nc3ccccc3o2)CC1. The van der Waals surface area contributed by atoms with Gasteiger partial charge in [0.25, 0.3) is 11.8 Å². The maximum atomic E-state index is 12.7. The first kappa shape index (κ1) is 16.5. The van der Waals surface area contributed by atoms with Crippen LogP contribution in [0.4, 0.5) is 0 Å². The third kappa shape index (κ3) is 2.79. The molecule has 0 saturated carbocycles. The summed E-state index contributed by atoms with van der Waals surface area (Å²) >= 11 is 0. The molecule has 0 bridgehead atoms. The lowest BCUT2D eigenvalue weighted by molar-refractivity contribution is 0.0496. The summed E-state index contributed by atoms with van der Waals surface area (Å²) in [6.45, 7) is 1.57. The van der Waals surface area contributed by atoms with Crippen LogP contribution >= 0.6 is 0 Å². The van der Waals surface area contributed by atoms with E-state index >= 15 is 0 Å². The van der Waals surface area contributed by atoms with Crippen molar-refractivity contribution in [2.45, 2.75) is 0 Å². The molecule has 4 aromatic rings. The van der Waals surface area contributed by atoms with Crippen molar-refractivity contribution in [3.05, 3.63) is 60.3 Å². The third-order valence-corrected chi connectivity index (χ3v) is 4.81. The minimum atomic E-state index is -0.273. The molecule has 0 N–H and O–H groups in total. The normalized spacial score (nSPS) is 14.7. The van der Waals surface area contributed by atoms with Gasteiger partial charge in [-0.05, 0) is 24.3 Å². The fourth-order valence-corrected chi connectivity index (χ4v) is 3.31. The van der Waals surface area contributed by atoms with Crippen LogP contribution in [0.15, 0.2) is 57.4 Å². The van der Waals surface area contributed by atoms with Crippen LogP contribution in [-0.4, -0.2) is 57.8 Å². The third-order valence-electron chi connectivity index (χ3n) is 4.81. The molecule has 0 spiro atoms. The molecule has 28 heavy (non-hydrogen) atoms. The standard InChI is InChI=1S/C20H16N4O4/c25-19(17-21-13-5-1-3-7-15(13)27-17)23-9-11-24(12-10-23)20(26)18-22-14-6-2-4-8-16(14)28-18/h1-8H,9-12H2. The van der Waals surface area contributed by atoms with Gasteiger partial charge in [-0.15, -0.1) is 0 Å². The van der Waals surface area contributed by atoms with E-state index in [4.69, 9.17) is 8.83 Å². The van der Waals surface area contributed by atoms with Crippen LogP contribution in [0.2, 0.25) is 0 Å². The maximum Gasteiger partial charge on any atom is 0.309 e. The Bertz CT molecular complexity index is 1030. The van der Waals surface area contributed by atoms with Crippen molar-refractivity contribution in [1.29, 1.82) is 0 Å². The quantitative estimate of drug-likeness (QED) is 0.534. The monoisotopic (exact) mass is 376 g/mol. The van der Waals surface area contributed by atoms with Gasteiger partial charge in [-0.3, -0.25) is 9.59 Å². The van der Waals surface area contributed by atoms with Crippen LogP contribution in [0.1, 0.15) is 21.4 Å². The number of para-hydroxylation sites is 4. The van der Waals surface area contributed by atoms with Gasteiger partial charge >= 0.3 is 11.8 Å². The van der Waals surface area contributed by atoms with Crippen LogP contribution in [0.5, 0.6) is 0 Å². The number of amides is 2. The molecule has 0 radical (unpaired) electrons. The second-order valence-electron chi connectivity index (χ2n) is 6.56. The highest BCUT2D eigenvalue weighted by Gasteiger charge is 2.29. The van der Waals surface area contributed by atoms with Crippen molar-refractivity contribution in [2.75, 3.05) is 26.2 Å². The summed E-state index contributed by atoms with van der Waals surface area (Å²) < 4.78 is 11.1. The highest BCUT2D eigenvalue weighted by atomic mass is 16.4. The molecular weight excluding hydrogens is 360 g/mol. The van der Waals surface area contributed by atoms with Gasteiger partial charge in [0.05, 0.1) is 0 Å². The molecule has 8 nitrogen and oxygen atoms in total. The smallest absolute Gasteiger partial charge is 0.309 e. The summed E-state index contributed by atoms with van der Waals surface area (Å²) in [6.07, 6.45) is 0. The van der Waals surface area contributed by atoms with Crippen molar-refractivity contribution in [3.8, 4) is 0 Å². The van der Waals surface area contributed by atoms with Gasteiger partial charge in [0.1, 0.15) is 11.0 Å². The lowest BCUT2D eigenvalue weighted by atomic mass is 10.3. The van der Waals surface area contributed by atoms with Gasteiger partial charge in [-0.25, -0.2) is 9.97 Å². The van der Waals surface area contributed by atoms with Gasteiger partial charge < -0.3 is 18.6 Å². The molecule has 8 heteroatoms. The van der Waals surface area contributed by atoms with E-state index in [9.17, 15) is 9.59 Å². The highest BCUT2D eigenvalue weighted by molar-refractivity contribution is 5.94. The van der Waals surface area contributed by atoms with E-state index in [-0.39, 0.29) is 23.6 Å². The summed E-state index contributed by atoms with van der Waals surface area (Å²) in [7, 11) is 0. The van der Waals surface area contributed by atoms with Gasteiger partial charge in [0.15, 0.2) is 11.2 Å². The number of carbonyl (C=O) groups is 2. The molecule has 140 valence electrons. The number of oxazole rings is 2. The average molecular weight is 376 g/mol. The van der Waals surface area contributed by atoms with Gasteiger partial charge in [0.2, 0.25) is 0 Å². The van der Waals surface area contributed by atoms with Gasteiger partial charge in [-0.2, -0.15) is 0 Å². The fourth-order valence-electron chi connectivity index (χ4n) is 3.31. The first-order chi connectivity index (χ1) is 13.7. The molecule has 1 fully saturated rings. The highest BCUT2D eigenvalue weighted by Crippen LogP contribution is 2.19. The number of piperazine rings is 1. The predicted molar refractivity (Wildman–Crippen MR) is 99.8 cm³/mol. The zero-order chi connectivity index (χ0) is 19.1. The van der Waals surface area contributed by atoms with E-state index in [1.54, 1.807) is 34.1 Å². The number of nitrogens with zero attached hydrogens (tertiary/aromatic N) is 4. The van der Waals surface area contributed by atoms with E-state index in [1.165, 1.54) is 0 Å². The summed E-state index contributed by atoms with van der Waals surface area (Å²) in [6, 6.07) is 14.5. The van der Waals surface area contributed by atoms with Gasteiger partial charge in [-0.1, -0.05) is 24.3 Å². The number of aromatic nitrogens is 2. The lowest BCUT2D eigenvalue weighted by Gasteiger charge is -2.33. The van der Waals surface area contributed by atoms with Crippen LogP contribution in [0, 0.1) is 0 Å². The molecule has 5 rings (SSSR count). The molecule has 0 unspecified atom stereocenters. The fraction of sp³-hybridized carbons (Fsp3) is 0.200. The van der Waals surface area contributed by atoms with Crippen LogP contribution in [0.3, 0.4) is 0 Å². The second-order valence-corrected chi connectivity index (χ2v) is 6.56. The largest absolute Gasteiger partial charge is 0.432 e. The van der Waals surface area contributed by atoms with E-state index in [2.05, 4.69) is 9.97 Å². The Morgan fingerprint density at radius 3 is 1.46 bits per heavy atom. The number of rotatable bonds is 2. The van der Waals surface area contributed by atoms with Crippen molar-refractivity contribution in [3.63, 3.8) is 0 Å². The lowest BCUT2D eigenvalue weighted by Crippen LogP contribution is -2.50. The molecule has 3 heterocycles. The summed E-state index contributed by atoms with van der Waals surface area (Å²) in [4.78, 5) is 37.1. The summed E-state index contributed by atoms with van der Waals surface area (Å²) in [5, 5.41) is 0. The average Bonchev–Trinajstić information content (AvgIpc) is 3.37. The van der Waals surface area contributed by atoms with Crippen LogP contribution < -0.4 is 0 Å². The number of hydrogen-bond donors (Lipinski definition) is 0. The van der Waals surface area contributed by atoms with E-state index in [1.807, 2.05) is 24.3 Å². The summed E-state index contributed by atoms with van der Waals surface area (Å²) in [5.41, 5.74) is 2.46. The molecule has 1 saturated heterocycles. The van der Waals surface area contributed by atoms with Gasteiger partial charge in [0, 0.05) is 26.2 Å². The van der Waals surface area contributed by atoms with Crippen molar-refractivity contribution >= 4 is 34.0 Å². The Labute approximate surface area is 159 Å². The predicted octanol–water partition coefficient (Wildman–Crippen LogP) is 2.57. The minimum Gasteiger partial charge on any atom is -0.432 e. The molecule has 0 aliphatic carbocycles. The number of benzene rings is 2. The second kappa shape index (κ2) is 6.49. The van der Waals surface area contributed by atoms with Crippen molar-refractivity contribution in [1.82, 2.24) is 19.8 Å². The summed E-state index contributed by atoms with van der Waals surface area (Å²) in [5.74, 6) is -0.407. The maximum absolute atomic E-state index is 12.7. The number of fused-ring (bicyclic) bond motifs is 2. The molecule has 1 aliphatic rings. The Hall–Kier alpha value is -3.68. The van der Waals surface area contributed by atoms with Crippen LogP contribution in [-0.2, 0) is 0 Å². The number of carbonyl (C=O) groups excluding carboxylic acids is 2. The molecule has 2 amide bonds. The minimum absolute atomic E-state index is 0.0694. The molecule has 2 aromatic heterocycles.